The van der Waals surface area contributed by atoms with E-state index >= 15 is 0 Å². The quantitative estimate of drug-likeness (QED) is 0.726. The summed E-state index contributed by atoms with van der Waals surface area (Å²) in [6.45, 7) is 7.28. The number of aryl methyl sites for hydroxylation is 1. The van der Waals surface area contributed by atoms with E-state index in [9.17, 15) is 13.6 Å². The Morgan fingerprint density at radius 2 is 1.56 bits per heavy atom. The first-order valence-electron chi connectivity index (χ1n) is 9.77. The van der Waals surface area contributed by atoms with E-state index in [1.807, 2.05) is 13.8 Å². The second-order valence-corrected chi connectivity index (χ2v) is 6.40. The monoisotopic (exact) mass is 375 g/mol. The van der Waals surface area contributed by atoms with Gasteiger partial charge in [0.2, 0.25) is 0 Å². The van der Waals surface area contributed by atoms with E-state index in [-0.39, 0.29) is 6.04 Å². The second-order valence-electron chi connectivity index (χ2n) is 6.40. The summed E-state index contributed by atoms with van der Waals surface area (Å²) in [7, 11) is 0. The van der Waals surface area contributed by atoms with E-state index in [0.717, 1.165) is 43.0 Å². The average Bonchev–Trinajstić information content (AvgIpc) is 3.38. The summed E-state index contributed by atoms with van der Waals surface area (Å²) in [5, 5.41) is 3.14. The van der Waals surface area contributed by atoms with Crippen LogP contribution in [0.25, 0.3) is 0 Å². The zero-order valence-electron chi connectivity index (χ0n) is 16.5. The van der Waals surface area contributed by atoms with Crippen molar-refractivity contribution in [2.75, 3.05) is 6.54 Å². The van der Waals surface area contributed by atoms with Crippen LogP contribution in [0.4, 0.5) is 8.78 Å². The molecule has 2 aromatic rings. The minimum Gasteiger partial charge on any atom is -0.307 e. The number of fused-ring (bicyclic) bond motifs is 1. The Morgan fingerprint density at radius 3 is 1.89 bits per heavy atom. The normalized spacial score (nSPS) is 21.1. The first-order chi connectivity index (χ1) is 13.1. The van der Waals surface area contributed by atoms with Gasteiger partial charge < -0.3 is 10.1 Å². The molecule has 2 aliphatic rings. The van der Waals surface area contributed by atoms with Crippen molar-refractivity contribution in [3.05, 3.63) is 71.8 Å². The number of piperidine rings is 1. The zero-order chi connectivity index (χ0) is 20.1. The Kier molecular flexibility index (Phi) is 11.2. The van der Waals surface area contributed by atoms with Crippen molar-refractivity contribution in [3.63, 3.8) is 0 Å². The number of hydrogen-bond donors (Lipinski definition) is 1. The highest BCUT2D eigenvalue weighted by Gasteiger charge is 2.47. The zero-order valence-corrected chi connectivity index (χ0v) is 16.5. The van der Waals surface area contributed by atoms with Gasteiger partial charge >= 0.3 is 0 Å². The molecule has 2 fully saturated rings. The van der Waals surface area contributed by atoms with Gasteiger partial charge in [0.1, 0.15) is 17.9 Å². The predicted molar refractivity (Wildman–Crippen MR) is 108 cm³/mol. The maximum Gasteiger partial charge on any atom is 0.137 e. The van der Waals surface area contributed by atoms with Crippen molar-refractivity contribution in [3.8, 4) is 0 Å². The molecule has 3 unspecified atom stereocenters. The lowest BCUT2D eigenvalue weighted by atomic mass is 10.1. The third kappa shape index (κ3) is 8.91. The molecule has 1 heterocycles. The predicted octanol–water partition coefficient (Wildman–Crippen LogP) is 5.42. The molecule has 0 amide bonds. The molecule has 1 aliphatic heterocycles. The molecule has 2 nitrogen and oxygen atoms in total. The third-order valence-corrected chi connectivity index (χ3v) is 4.39. The molecule has 4 rings (SSSR count). The van der Waals surface area contributed by atoms with Gasteiger partial charge in [-0.05, 0) is 61.1 Å². The molecule has 0 aromatic heterocycles. The number of nitrogens with one attached hydrogen (secondary N) is 1. The molecule has 2 aromatic carbocycles. The van der Waals surface area contributed by atoms with Gasteiger partial charge in [0.15, 0.2) is 0 Å². The maximum atomic E-state index is 11.9. The molecule has 0 radical (unpaired) electrons. The Labute approximate surface area is 162 Å². The van der Waals surface area contributed by atoms with Crippen molar-refractivity contribution in [1.29, 1.82) is 0 Å². The van der Waals surface area contributed by atoms with Crippen LogP contribution in [0.2, 0.25) is 0 Å². The maximum absolute atomic E-state index is 11.9. The van der Waals surface area contributed by atoms with Crippen LogP contribution in [0.5, 0.6) is 0 Å². The second kappa shape index (κ2) is 13.2. The molecule has 1 saturated carbocycles. The van der Waals surface area contributed by atoms with Crippen LogP contribution in [0.15, 0.2) is 54.6 Å². The molecule has 148 valence electrons. The molecule has 3 atom stereocenters. The lowest BCUT2D eigenvalue weighted by Gasteiger charge is -2.00. The number of carbonyl (C=O) groups excluding carboxylic acids is 1. The van der Waals surface area contributed by atoms with E-state index in [4.69, 9.17) is 0 Å². The van der Waals surface area contributed by atoms with Crippen LogP contribution in [-0.4, -0.2) is 18.9 Å². The molecule has 1 saturated heterocycles. The molecule has 1 aliphatic carbocycles. The Bertz CT molecular complexity index is 610. The van der Waals surface area contributed by atoms with Gasteiger partial charge in [0.05, 0.1) is 6.04 Å². The standard InChI is InChI=1S/C9H12.C6H4F2.C6H9NO.C2H6/c1-2-6-9-7-4-3-5-8-9;7-5-1-2-6(8)4-3-5;8-3-6-5-1-4(5)2-7-6;1-2/h3-5,7-8H,2,6H2,1H3;1-4H;3-7H,1-2H2;1-2H3. The van der Waals surface area contributed by atoms with Crippen LogP contribution in [0, 0.1) is 23.5 Å². The van der Waals surface area contributed by atoms with E-state index in [0.29, 0.717) is 5.92 Å². The van der Waals surface area contributed by atoms with Crippen LogP contribution in [0.1, 0.15) is 39.2 Å². The minimum atomic E-state index is -0.411. The number of rotatable bonds is 3. The number of aldehydes is 1. The van der Waals surface area contributed by atoms with Crippen molar-refractivity contribution in [1.82, 2.24) is 5.32 Å². The summed E-state index contributed by atoms with van der Waals surface area (Å²) in [6.07, 6.45) is 4.78. The summed E-state index contributed by atoms with van der Waals surface area (Å²) >= 11 is 0. The number of hydrogen-bond acceptors (Lipinski definition) is 2. The van der Waals surface area contributed by atoms with Gasteiger partial charge in [0, 0.05) is 0 Å². The van der Waals surface area contributed by atoms with Gasteiger partial charge in [-0.2, -0.15) is 0 Å². The minimum absolute atomic E-state index is 0.208. The van der Waals surface area contributed by atoms with E-state index in [2.05, 4.69) is 42.6 Å². The van der Waals surface area contributed by atoms with Crippen molar-refractivity contribution < 1.29 is 13.6 Å². The average molecular weight is 376 g/mol. The van der Waals surface area contributed by atoms with Crippen LogP contribution < -0.4 is 5.32 Å². The summed E-state index contributed by atoms with van der Waals surface area (Å²) in [4.78, 5) is 10.2. The fourth-order valence-corrected chi connectivity index (χ4v) is 2.90. The van der Waals surface area contributed by atoms with Crippen LogP contribution in [0.3, 0.4) is 0 Å². The molecule has 27 heavy (non-hydrogen) atoms. The summed E-state index contributed by atoms with van der Waals surface area (Å²) in [6, 6.07) is 15.1. The largest absolute Gasteiger partial charge is 0.307 e. The van der Waals surface area contributed by atoms with E-state index in [1.54, 1.807) is 0 Å². The number of benzene rings is 2. The van der Waals surface area contributed by atoms with Crippen molar-refractivity contribution in [2.45, 2.75) is 46.1 Å². The summed E-state index contributed by atoms with van der Waals surface area (Å²) in [5.41, 5.74) is 1.44. The fourth-order valence-electron chi connectivity index (χ4n) is 2.90. The Balaban J connectivity index is 0.000000194. The molecular formula is C23H31F2NO. The SMILES string of the molecule is CC.CCCc1ccccc1.Fc1ccc(F)cc1.O=CC1NCC2CC21. The smallest absolute Gasteiger partial charge is 0.137 e. The van der Waals surface area contributed by atoms with Crippen LogP contribution >= 0.6 is 0 Å². The van der Waals surface area contributed by atoms with Gasteiger partial charge in [-0.3, -0.25) is 0 Å². The fraction of sp³-hybridized carbons (Fsp3) is 0.435. The van der Waals surface area contributed by atoms with Crippen molar-refractivity contribution >= 4 is 6.29 Å². The van der Waals surface area contributed by atoms with Crippen LogP contribution in [-0.2, 0) is 11.2 Å². The van der Waals surface area contributed by atoms with E-state index in [1.165, 1.54) is 24.8 Å². The molecule has 1 N–H and O–H groups in total. The Hall–Kier alpha value is -2.07. The first-order valence-corrected chi connectivity index (χ1v) is 9.77. The number of carbonyl (C=O) groups is 1. The highest BCUT2D eigenvalue weighted by atomic mass is 19.1. The van der Waals surface area contributed by atoms with Crippen molar-refractivity contribution in [2.24, 2.45) is 11.8 Å². The molecule has 0 bridgehead atoms. The highest BCUT2D eigenvalue weighted by molar-refractivity contribution is 5.60. The number of halogens is 2. The lowest BCUT2D eigenvalue weighted by molar-refractivity contribution is -0.109. The van der Waals surface area contributed by atoms with Gasteiger partial charge in [-0.15, -0.1) is 0 Å². The highest BCUT2D eigenvalue weighted by Crippen LogP contribution is 2.44. The molecule has 4 heteroatoms. The topological polar surface area (TPSA) is 29.1 Å². The first kappa shape index (κ1) is 23.0. The van der Waals surface area contributed by atoms with E-state index < -0.39 is 11.6 Å². The Morgan fingerprint density at radius 1 is 1.00 bits per heavy atom. The lowest BCUT2D eigenvalue weighted by Crippen LogP contribution is -2.27. The van der Waals surface area contributed by atoms with Gasteiger partial charge in [0.25, 0.3) is 0 Å². The summed E-state index contributed by atoms with van der Waals surface area (Å²) < 4.78 is 23.8. The molecular weight excluding hydrogens is 344 g/mol. The molecule has 0 spiro atoms. The van der Waals surface area contributed by atoms with Gasteiger partial charge in [-0.1, -0.05) is 57.5 Å². The van der Waals surface area contributed by atoms with Gasteiger partial charge in [-0.25, -0.2) is 8.78 Å². The third-order valence-electron chi connectivity index (χ3n) is 4.39. The summed E-state index contributed by atoms with van der Waals surface area (Å²) in [5.74, 6) is 0.746.